The summed E-state index contributed by atoms with van der Waals surface area (Å²) in [4.78, 5) is 11.5. The van der Waals surface area contributed by atoms with Gasteiger partial charge in [-0.2, -0.15) is 0 Å². The third-order valence-corrected chi connectivity index (χ3v) is 5.24. The molecule has 2 aromatic carbocycles. The molecule has 1 N–H and O–H groups in total. The number of aliphatic carboxylic acids is 1. The van der Waals surface area contributed by atoms with Crippen molar-refractivity contribution in [3.63, 3.8) is 0 Å². The quantitative estimate of drug-likeness (QED) is 0.651. The second-order valence-electron chi connectivity index (χ2n) is 6.52. The molecule has 1 atom stereocenters. The molecule has 0 aliphatic rings. The fraction of sp³-hybridized carbons (Fsp3) is 0.350. The minimum atomic E-state index is -0.834. The lowest BCUT2D eigenvalue weighted by Gasteiger charge is -2.20. The second kappa shape index (κ2) is 7.46. The normalized spacial score (nSPS) is 12.5. The van der Waals surface area contributed by atoms with E-state index < -0.39 is 5.97 Å². The molecule has 6 heteroatoms. The Morgan fingerprint density at radius 3 is 2.69 bits per heavy atom. The zero-order valence-corrected chi connectivity index (χ0v) is 15.9. The third kappa shape index (κ3) is 3.31. The molecule has 0 radical (unpaired) electrons. The topological polar surface area (TPSA) is 68.0 Å². The van der Waals surface area contributed by atoms with Gasteiger partial charge >= 0.3 is 5.97 Å². The van der Waals surface area contributed by atoms with Crippen molar-refractivity contribution in [1.29, 1.82) is 0 Å². The van der Waals surface area contributed by atoms with E-state index in [1.165, 1.54) is 0 Å². The molecule has 5 nitrogen and oxygen atoms in total. The summed E-state index contributed by atoms with van der Waals surface area (Å²) < 4.78 is 1.84. The largest absolute Gasteiger partial charge is 0.481 e. The smallest absolute Gasteiger partial charge is 0.304 e. The summed E-state index contributed by atoms with van der Waals surface area (Å²) in [6, 6.07) is 9.99. The van der Waals surface area contributed by atoms with Gasteiger partial charge < -0.3 is 5.11 Å². The summed E-state index contributed by atoms with van der Waals surface area (Å²) in [6.45, 7) is 6.75. The predicted octanol–water partition coefficient (Wildman–Crippen LogP) is 4.41. The van der Waals surface area contributed by atoms with Gasteiger partial charge in [-0.15, -0.1) is 16.7 Å². The molecule has 3 rings (SSSR count). The highest BCUT2D eigenvalue weighted by molar-refractivity contribution is 6.17. The lowest BCUT2D eigenvalue weighted by Crippen LogP contribution is -2.10. The Kier molecular flexibility index (Phi) is 5.28. The van der Waals surface area contributed by atoms with E-state index in [0.717, 1.165) is 45.4 Å². The number of nitrogens with zero attached hydrogens (tertiary/aromatic N) is 3. The molecule has 1 heterocycles. The first kappa shape index (κ1) is 18.4. The average molecular weight is 372 g/mol. The summed E-state index contributed by atoms with van der Waals surface area (Å²) >= 11 is 6.05. The maximum atomic E-state index is 11.5. The molecule has 0 amide bonds. The van der Waals surface area contributed by atoms with E-state index in [0.29, 0.717) is 5.88 Å². The maximum absolute atomic E-state index is 11.5. The highest BCUT2D eigenvalue weighted by atomic mass is 35.5. The van der Waals surface area contributed by atoms with Crippen LogP contribution in [0.3, 0.4) is 0 Å². The molecule has 0 saturated heterocycles. The number of alkyl halides is 1. The van der Waals surface area contributed by atoms with Crippen LogP contribution in [0.1, 0.15) is 47.1 Å². The number of halogens is 1. The number of fused-ring (bicyclic) bond motifs is 1. The van der Waals surface area contributed by atoms with Gasteiger partial charge in [-0.3, -0.25) is 4.79 Å². The molecule has 0 spiro atoms. The summed E-state index contributed by atoms with van der Waals surface area (Å²) in [5.74, 6) is -0.687. The van der Waals surface area contributed by atoms with Crippen LogP contribution in [0.15, 0.2) is 30.3 Å². The molecule has 136 valence electrons. The SMILES string of the molecule is CCn1nnc2c(C)c(C(CC(=O)O)c3ccc(C)c(CCl)c3)ccc21. The van der Waals surface area contributed by atoms with Gasteiger partial charge in [-0.25, -0.2) is 4.68 Å². The van der Waals surface area contributed by atoms with Gasteiger partial charge in [0, 0.05) is 18.3 Å². The van der Waals surface area contributed by atoms with Crippen molar-refractivity contribution in [3.8, 4) is 0 Å². The van der Waals surface area contributed by atoms with E-state index in [2.05, 4.69) is 10.3 Å². The molecule has 0 bridgehead atoms. The van der Waals surface area contributed by atoms with Crippen molar-refractivity contribution in [2.45, 2.75) is 45.5 Å². The molecule has 1 unspecified atom stereocenters. The van der Waals surface area contributed by atoms with Gasteiger partial charge in [0.25, 0.3) is 0 Å². The van der Waals surface area contributed by atoms with Gasteiger partial charge in [0.2, 0.25) is 0 Å². The van der Waals surface area contributed by atoms with Gasteiger partial charge in [0.15, 0.2) is 0 Å². The number of carboxylic acid groups (broad SMARTS) is 1. The standard InChI is InChI=1S/C20H22ClN3O2/c1-4-24-18-8-7-16(13(3)20(18)22-23-24)17(10-19(25)26)14-6-5-12(2)15(9-14)11-21/h5-9,17H,4,10-11H2,1-3H3,(H,25,26). The molecule has 3 aromatic rings. The summed E-state index contributed by atoms with van der Waals surface area (Å²) in [6.07, 6.45) is 0.0129. The van der Waals surface area contributed by atoms with Crippen LogP contribution in [0.2, 0.25) is 0 Å². The van der Waals surface area contributed by atoms with E-state index in [1.807, 2.05) is 55.8 Å². The second-order valence-corrected chi connectivity index (χ2v) is 6.79. The van der Waals surface area contributed by atoms with Crippen LogP contribution in [-0.2, 0) is 17.2 Å². The molecule has 1 aromatic heterocycles. The number of rotatable bonds is 6. The van der Waals surface area contributed by atoms with Gasteiger partial charge in [0.1, 0.15) is 5.52 Å². The molecule has 0 saturated carbocycles. The van der Waals surface area contributed by atoms with Gasteiger partial charge in [-0.1, -0.05) is 29.5 Å². The Hall–Kier alpha value is -2.40. The highest BCUT2D eigenvalue weighted by Crippen LogP contribution is 2.34. The fourth-order valence-corrected chi connectivity index (χ4v) is 3.72. The Bertz CT molecular complexity index is 965. The zero-order valence-electron chi connectivity index (χ0n) is 15.2. The lowest BCUT2D eigenvalue weighted by atomic mass is 9.84. The van der Waals surface area contributed by atoms with E-state index >= 15 is 0 Å². The number of hydrogen-bond donors (Lipinski definition) is 1. The Labute approximate surface area is 157 Å². The van der Waals surface area contributed by atoms with Gasteiger partial charge in [-0.05, 0) is 54.7 Å². The Morgan fingerprint density at radius 1 is 1.27 bits per heavy atom. The number of aromatic nitrogens is 3. The van der Waals surface area contributed by atoms with E-state index in [1.54, 1.807) is 0 Å². The third-order valence-electron chi connectivity index (χ3n) is 4.96. The molecule has 0 aliphatic heterocycles. The highest BCUT2D eigenvalue weighted by Gasteiger charge is 2.22. The molecule has 0 fully saturated rings. The first-order chi connectivity index (χ1) is 12.5. The van der Waals surface area contributed by atoms with Crippen molar-refractivity contribution in [2.24, 2.45) is 0 Å². The van der Waals surface area contributed by atoms with Crippen molar-refractivity contribution < 1.29 is 9.90 Å². The number of benzene rings is 2. The van der Waals surface area contributed by atoms with Crippen LogP contribution in [0, 0.1) is 13.8 Å². The summed E-state index contributed by atoms with van der Waals surface area (Å²) in [7, 11) is 0. The van der Waals surface area contributed by atoms with Crippen LogP contribution in [-0.4, -0.2) is 26.1 Å². The van der Waals surface area contributed by atoms with Crippen LogP contribution < -0.4 is 0 Å². The maximum Gasteiger partial charge on any atom is 0.304 e. The van der Waals surface area contributed by atoms with Crippen molar-refractivity contribution in [1.82, 2.24) is 15.0 Å². The molecule has 0 aliphatic carbocycles. The van der Waals surface area contributed by atoms with E-state index in [9.17, 15) is 9.90 Å². The average Bonchev–Trinajstić information content (AvgIpc) is 3.05. The Morgan fingerprint density at radius 2 is 2.04 bits per heavy atom. The van der Waals surface area contributed by atoms with Crippen molar-refractivity contribution >= 4 is 28.6 Å². The zero-order chi connectivity index (χ0) is 18.8. The van der Waals surface area contributed by atoms with Gasteiger partial charge in [0.05, 0.1) is 11.9 Å². The van der Waals surface area contributed by atoms with Crippen molar-refractivity contribution in [3.05, 3.63) is 58.1 Å². The van der Waals surface area contributed by atoms with Crippen LogP contribution in [0.25, 0.3) is 11.0 Å². The first-order valence-corrected chi connectivity index (χ1v) is 9.19. The Balaban J connectivity index is 2.15. The van der Waals surface area contributed by atoms with Crippen LogP contribution >= 0.6 is 11.6 Å². The van der Waals surface area contributed by atoms with E-state index in [-0.39, 0.29) is 12.3 Å². The molecule has 26 heavy (non-hydrogen) atoms. The number of hydrogen-bond acceptors (Lipinski definition) is 3. The van der Waals surface area contributed by atoms with E-state index in [4.69, 9.17) is 11.6 Å². The number of carboxylic acids is 1. The fourth-order valence-electron chi connectivity index (χ4n) is 3.43. The minimum absolute atomic E-state index is 0.0129. The number of carbonyl (C=O) groups is 1. The minimum Gasteiger partial charge on any atom is -0.481 e. The van der Waals surface area contributed by atoms with Crippen LogP contribution in [0.5, 0.6) is 0 Å². The number of aryl methyl sites for hydroxylation is 3. The first-order valence-electron chi connectivity index (χ1n) is 8.66. The summed E-state index contributed by atoms with van der Waals surface area (Å²) in [5, 5.41) is 18.0. The summed E-state index contributed by atoms with van der Waals surface area (Å²) in [5.41, 5.74) is 6.82. The predicted molar refractivity (Wildman–Crippen MR) is 103 cm³/mol. The molecular formula is C20H22ClN3O2. The monoisotopic (exact) mass is 371 g/mol. The molecular weight excluding hydrogens is 350 g/mol. The lowest BCUT2D eigenvalue weighted by molar-refractivity contribution is -0.137. The van der Waals surface area contributed by atoms with Crippen LogP contribution in [0.4, 0.5) is 0 Å². The van der Waals surface area contributed by atoms with Crippen molar-refractivity contribution in [2.75, 3.05) is 0 Å².